The quantitative estimate of drug-likeness (QED) is 0.767. The summed E-state index contributed by atoms with van der Waals surface area (Å²) in [7, 11) is 1.67. The molecule has 1 aromatic carbocycles. The summed E-state index contributed by atoms with van der Waals surface area (Å²) in [6.45, 7) is 10.2. The van der Waals surface area contributed by atoms with Crippen molar-refractivity contribution in [3.8, 4) is 11.5 Å². The van der Waals surface area contributed by atoms with E-state index in [2.05, 4.69) is 20.8 Å². The predicted octanol–water partition coefficient (Wildman–Crippen LogP) is 3.32. The Morgan fingerprint density at radius 3 is 2.13 bits per heavy atom. The first-order chi connectivity index (χ1) is 6.79. The third kappa shape index (κ3) is 2.09. The highest BCUT2D eigenvalue weighted by Crippen LogP contribution is 2.39. The van der Waals surface area contributed by atoms with Crippen molar-refractivity contribution in [2.75, 3.05) is 7.11 Å². The van der Waals surface area contributed by atoms with E-state index < -0.39 is 0 Å². The number of rotatable bonds is 1. The molecule has 2 heteroatoms. The van der Waals surface area contributed by atoms with Crippen LogP contribution in [0.15, 0.2) is 6.07 Å². The molecule has 0 aliphatic rings. The van der Waals surface area contributed by atoms with E-state index in [0.717, 1.165) is 22.4 Å². The molecule has 0 fully saturated rings. The molecule has 2 nitrogen and oxygen atoms in total. The van der Waals surface area contributed by atoms with Crippen molar-refractivity contribution in [1.29, 1.82) is 0 Å². The number of methoxy groups -OCH3 is 1. The van der Waals surface area contributed by atoms with Gasteiger partial charge in [0.05, 0.1) is 7.11 Å². The van der Waals surface area contributed by atoms with Gasteiger partial charge in [0.25, 0.3) is 0 Å². The molecule has 0 aromatic heterocycles. The molecule has 15 heavy (non-hydrogen) atoms. The SMILES string of the molecule is COc1cc(C)c(O)c(C)c1C(C)(C)C. The van der Waals surface area contributed by atoms with E-state index in [1.165, 1.54) is 0 Å². The van der Waals surface area contributed by atoms with Gasteiger partial charge in [-0.05, 0) is 36.5 Å². The average molecular weight is 208 g/mol. The van der Waals surface area contributed by atoms with Crippen molar-refractivity contribution in [3.63, 3.8) is 0 Å². The smallest absolute Gasteiger partial charge is 0.123 e. The van der Waals surface area contributed by atoms with Crippen LogP contribution in [0.4, 0.5) is 0 Å². The topological polar surface area (TPSA) is 29.5 Å². The lowest BCUT2D eigenvalue weighted by Gasteiger charge is -2.25. The average Bonchev–Trinajstić information content (AvgIpc) is 2.11. The first-order valence-electron chi connectivity index (χ1n) is 5.16. The molecular weight excluding hydrogens is 188 g/mol. The number of phenols is 1. The maximum absolute atomic E-state index is 9.91. The fourth-order valence-electron chi connectivity index (χ4n) is 2.03. The predicted molar refractivity (Wildman–Crippen MR) is 62.8 cm³/mol. The second-order valence-corrected chi connectivity index (χ2v) is 4.99. The van der Waals surface area contributed by atoms with Gasteiger partial charge in [0, 0.05) is 5.56 Å². The Balaban J connectivity index is 3.55. The van der Waals surface area contributed by atoms with Crippen molar-refractivity contribution in [2.24, 2.45) is 0 Å². The Labute approximate surface area is 91.9 Å². The highest BCUT2D eigenvalue weighted by atomic mass is 16.5. The van der Waals surface area contributed by atoms with Gasteiger partial charge in [0.2, 0.25) is 0 Å². The van der Waals surface area contributed by atoms with Crippen LogP contribution in [0.1, 0.15) is 37.5 Å². The summed E-state index contributed by atoms with van der Waals surface area (Å²) in [5.74, 6) is 1.23. The lowest BCUT2D eigenvalue weighted by atomic mass is 9.82. The molecule has 0 saturated heterocycles. The molecule has 0 amide bonds. The van der Waals surface area contributed by atoms with E-state index in [1.807, 2.05) is 19.9 Å². The summed E-state index contributed by atoms with van der Waals surface area (Å²) in [5.41, 5.74) is 2.82. The van der Waals surface area contributed by atoms with E-state index in [1.54, 1.807) is 7.11 Å². The van der Waals surface area contributed by atoms with Gasteiger partial charge in [-0.3, -0.25) is 0 Å². The van der Waals surface area contributed by atoms with Crippen LogP contribution >= 0.6 is 0 Å². The third-order valence-electron chi connectivity index (χ3n) is 2.67. The normalized spacial score (nSPS) is 11.6. The van der Waals surface area contributed by atoms with Gasteiger partial charge in [-0.15, -0.1) is 0 Å². The molecule has 0 atom stereocenters. The minimum Gasteiger partial charge on any atom is -0.507 e. The number of ether oxygens (including phenoxy) is 1. The van der Waals surface area contributed by atoms with Crippen LogP contribution in [-0.4, -0.2) is 12.2 Å². The summed E-state index contributed by atoms with van der Waals surface area (Å²) in [5, 5.41) is 9.91. The molecule has 0 saturated carbocycles. The first-order valence-corrected chi connectivity index (χ1v) is 5.16. The van der Waals surface area contributed by atoms with Crippen molar-refractivity contribution < 1.29 is 9.84 Å². The lowest BCUT2D eigenvalue weighted by Crippen LogP contribution is -2.15. The number of phenolic OH excluding ortho intramolecular Hbond substituents is 1. The van der Waals surface area contributed by atoms with E-state index in [0.29, 0.717) is 5.75 Å². The zero-order valence-electron chi connectivity index (χ0n) is 10.4. The minimum absolute atomic E-state index is 0.0272. The molecule has 1 N–H and O–H groups in total. The van der Waals surface area contributed by atoms with Crippen LogP contribution in [0.3, 0.4) is 0 Å². The highest BCUT2D eigenvalue weighted by Gasteiger charge is 2.23. The zero-order valence-corrected chi connectivity index (χ0v) is 10.4. The van der Waals surface area contributed by atoms with Gasteiger partial charge in [0.15, 0.2) is 0 Å². The monoisotopic (exact) mass is 208 g/mol. The molecule has 0 heterocycles. The van der Waals surface area contributed by atoms with E-state index in [-0.39, 0.29) is 5.41 Å². The summed E-state index contributed by atoms with van der Waals surface area (Å²) < 4.78 is 5.38. The second-order valence-electron chi connectivity index (χ2n) is 4.99. The van der Waals surface area contributed by atoms with Crippen molar-refractivity contribution in [2.45, 2.75) is 40.0 Å². The van der Waals surface area contributed by atoms with Crippen molar-refractivity contribution in [3.05, 3.63) is 22.8 Å². The highest BCUT2D eigenvalue weighted by molar-refractivity contribution is 5.54. The van der Waals surface area contributed by atoms with Crippen molar-refractivity contribution >= 4 is 0 Å². The fraction of sp³-hybridized carbons (Fsp3) is 0.538. The van der Waals surface area contributed by atoms with E-state index in [9.17, 15) is 5.11 Å². The molecular formula is C13H20O2. The Kier molecular flexibility index (Phi) is 2.98. The molecule has 1 rings (SSSR count). The van der Waals surface area contributed by atoms with Crippen LogP contribution in [0.25, 0.3) is 0 Å². The summed E-state index contributed by atoms with van der Waals surface area (Å²) in [4.78, 5) is 0. The van der Waals surface area contributed by atoms with Crippen LogP contribution in [0.5, 0.6) is 11.5 Å². The van der Waals surface area contributed by atoms with Crippen molar-refractivity contribution in [1.82, 2.24) is 0 Å². The molecule has 0 radical (unpaired) electrons. The zero-order chi connectivity index (χ0) is 11.8. The molecule has 0 unspecified atom stereocenters. The molecule has 0 bridgehead atoms. The molecule has 0 spiro atoms. The maximum atomic E-state index is 9.91. The minimum atomic E-state index is -0.0272. The lowest BCUT2D eigenvalue weighted by molar-refractivity contribution is 0.391. The second kappa shape index (κ2) is 3.76. The summed E-state index contributed by atoms with van der Waals surface area (Å²) in [6, 6.07) is 1.89. The Morgan fingerprint density at radius 2 is 1.73 bits per heavy atom. The number of benzene rings is 1. The molecule has 0 aliphatic carbocycles. The van der Waals surface area contributed by atoms with Gasteiger partial charge in [-0.2, -0.15) is 0 Å². The molecule has 0 aliphatic heterocycles. The number of hydrogen-bond acceptors (Lipinski definition) is 2. The largest absolute Gasteiger partial charge is 0.507 e. The number of aryl methyl sites for hydroxylation is 1. The summed E-state index contributed by atoms with van der Waals surface area (Å²) >= 11 is 0. The van der Waals surface area contributed by atoms with E-state index >= 15 is 0 Å². The van der Waals surface area contributed by atoms with Crippen LogP contribution in [0, 0.1) is 13.8 Å². The summed E-state index contributed by atoms with van der Waals surface area (Å²) in [6.07, 6.45) is 0. The van der Waals surface area contributed by atoms with Crippen LogP contribution < -0.4 is 4.74 Å². The van der Waals surface area contributed by atoms with Gasteiger partial charge < -0.3 is 9.84 Å². The van der Waals surface area contributed by atoms with Crippen LogP contribution in [0.2, 0.25) is 0 Å². The van der Waals surface area contributed by atoms with Gasteiger partial charge >= 0.3 is 0 Å². The first kappa shape index (κ1) is 11.9. The van der Waals surface area contributed by atoms with E-state index in [4.69, 9.17) is 4.74 Å². The number of aromatic hydroxyl groups is 1. The van der Waals surface area contributed by atoms with Gasteiger partial charge in [-0.1, -0.05) is 20.8 Å². The third-order valence-corrected chi connectivity index (χ3v) is 2.67. The standard InChI is InChI=1S/C13H20O2/c1-8-7-10(15-6)11(13(3,4)5)9(2)12(8)14/h7,14H,1-6H3. The fourth-order valence-corrected chi connectivity index (χ4v) is 2.03. The Hall–Kier alpha value is -1.18. The van der Waals surface area contributed by atoms with Gasteiger partial charge in [0.1, 0.15) is 11.5 Å². The number of hydrogen-bond donors (Lipinski definition) is 1. The maximum Gasteiger partial charge on any atom is 0.123 e. The molecule has 84 valence electrons. The van der Waals surface area contributed by atoms with Crippen LogP contribution in [-0.2, 0) is 5.41 Å². The molecule has 1 aromatic rings. The van der Waals surface area contributed by atoms with Gasteiger partial charge in [-0.25, -0.2) is 0 Å². The Bertz CT molecular complexity index is 373. The Morgan fingerprint density at radius 1 is 1.20 bits per heavy atom.